The molecule has 0 bridgehead atoms. The van der Waals surface area contributed by atoms with Crippen molar-refractivity contribution in [1.29, 1.82) is 0 Å². The zero-order valence-corrected chi connectivity index (χ0v) is 8.12. The fraction of sp³-hybridized carbons (Fsp3) is 0. The summed E-state index contributed by atoms with van der Waals surface area (Å²) >= 11 is 8.46. The maximum Gasteiger partial charge on any atom is 0.262 e. The van der Waals surface area contributed by atoms with Crippen LogP contribution >= 0.6 is 34.7 Å². The van der Waals surface area contributed by atoms with E-state index in [0.717, 1.165) is 4.34 Å². The number of hydrogen-bond donors (Lipinski definition) is 0. The summed E-state index contributed by atoms with van der Waals surface area (Å²) in [6.45, 7) is 0. The highest BCUT2D eigenvalue weighted by Crippen LogP contribution is 2.29. The molecule has 0 saturated heterocycles. The van der Waals surface area contributed by atoms with Crippen LogP contribution in [0.25, 0.3) is 0 Å². The number of hydrogen-bond acceptors (Lipinski definition) is 5. The van der Waals surface area contributed by atoms with Gasteiger partial charge in [-0.05, 0) is 0 Å². The molecular formula is C6H3ClN2OS2. The van der Waals surface area contributed by atoms with E-state index < -0.39 is 0 Å². The highest BCUT2D eigenvalue weighted by molar-refractivity contribution is 8.00. The smallest absolute Gasteiger partial charge is 0.262 e. The first-order valence-electron chi connectivity index (χ1n) is 3.03. The van der Waals surface area contributed by atoms with Crippen molar-refractivity contribution in [3.8, 4) is 0 Å². The normalized spacial score (nSPS) is 10.4. The Balaban J connectivity index is 2.14. The molecular weight excluding hydrogens is 216 g/mol. The molecule has 0 aliphatic rings. The first kappa shape index (κ1) is 8.10. The number of aromatic nitrogens is 2. The molecule has 2 heterocycles. The van der Waals surface area contributed by atoms with E-state index in [2.05, 4.69) is 9.97 Å². The van der Waals surface area contributed by atoms with Crippen molar-refractivity contribution in [2.24, 2.45) is 0 Å². The first-order chi connectivity index (χ1) is 5.84. The van der Waals surface area contributed by atoms with Crippen molar-refractivity contribution >= 4 is 34.7 Å². The number of oxazole rings is 1. The fourth-order valence-corrected chi connectivity index (χ4v) is 2.40. The zero-order chi connectivity index (χ0) is 8.39. The molecule has 3 nitrogen and oxygen atoms in total. The lowest BCUT2D eigenvalue weighted by atomic mass is 11.0. The van der Waals surface area contributed by atoms with Crippen LogP contribution in [0.15, 0.2) is 31.8 Å². The van der Waals surface area contributed by atoms with Gasteiger partial charge in [-0.15, -0.1) is 11.3 Å². The number of rotatable bonds is 2. The predicted octanol–water partition coefficient (Wildman–Crippen LogP) is 2.94. The molecule has 12 heavy (non-hydrogen) atoms. The van der Waals surface area contributed by atoms with Gasteiger partial charge in [0.1, 0.15) is 11.4 Å². The van der Waals surface area contributed by atoms with Gasteiger partial charge in [0, 0.05) is 17.1 Å². The molecule has 2 rings (SSSR count). The molecule has 2 aromatic rings. The molecule has 0 fully saturated rings. The third kappa shape index (κ3) is 1.80. The molecule has 0 N–H and O–H groups in total. The van der Waals surface area contributed by atoms with E-state index in [1.807, 2.05) is 0 Å². The van der Waals surface area contributed by atoms with Crippen LogP contribution in [-0.4, -0.2) is 9.97 Å². The van der Waals surface area contributed by atoms with Gasteiger partial charge in [-0.3, -0.25) is 0 Å². The maximum absolute atomic E-state index is 5.64. The molecule has 0 spiro atoms. The molecule has 2 aromatic heterocycles. The van der Waals surface area contributed by atoms with Crippen LogP contribution in [0.1, 0.15) is 0 Å². The van der Waals surface area contributed by atoms with E-state index in [1.54, 1.807) is 11.6 Å². The monoisotopic (exact) mass is 218 g/mol. The Morgan fingerprint density at radius 2 is 2.50 bits per heavy atom. The second-order valence-electron chi connectivity index (χ2n) is 1.84. The number of nitrogens with zero attached hydrogens (tertiary/aromatic N) is 2. The minimum Gasteiger partial charge on any atom is -0.440 e. The first-order valence-corrected chi connectivity index (χ1v) is 5.10. The van der Waals surface area contributed by atoms with Crippen LogP contribution in [0.2, 0.25) is 5.15 Å². The van der Waals surface area contributed by atoms with Crippen LogP contribution in [0, 0.1) is 0 Å². The molecule has 0 unspecified atom stereocenters. The average Bonchev–Trinajstić information content (AvgIpc) is 2.63. The third-order valence-electron chi connectivity index (χ3n) is 1.04. The summed E-state index contributed by atoms with van der Waals surface area (Å²) in [7, 11) is 0. The summed E-state index contributed by atoms with van der Waals surface area (Å²) in [6, 6.07) is 0. The van der Waals surface area contributed by atoms with E-state index >= 15 is 0 Å². The van der Waals surface area contributed by atoms with Crippen LogP contribution in [0.4, 0.5) is 0 Å². The second-order valence-corrected chi connectivity index (χ2v) is 4.28. The van der Waals surface area contributed by atoms with Gasteiger partial charge in [0.2, 0.25) is 0 Å². The van der Waals surface area contributed by atoms with Crippen molar-refractivity contribution in [2.45, 2.75) is 9.56 Å². The quantitative estimate of drug-likeness (QED) is 0.777. The molecule has 0 aliphatic heterocycles. The lowest BCUT2D eigenvalue weighted by Gasteiger charge is -1.86. The summed E-state index contributed by atoms with van der Waals surface area (Å²) in [5.41, 5.74) is 0. The van der Waals surface area contributed by atoms with Gasteiger partial charge in [-0.2, -0.15) is 0 Å². The van der Waals surface area contributed by atoms with Crippen LogP contribution in [0.3, 0.4) is 0 Å². The molecule has 62 valence electrons. The summed E-state index contributed by atoms with van der Waals surface area (Å²) in [5.74, 6) is 0. The number of thiazole rings is 1. The summed E-state index contributed by atoms with van der Waals surface area (Å²) in [6.07, 6.45) is 3.12. The summed E-state index contributed by atoms with van der Waals surface area (Å²) < 4.78 is 5.86. The third-order valence-corrected chi connectivity index (χ3v) is 3.18. The Kier molecular flexibility index (Phi) is 2.34. The molecule has 0 saturated carbocycles. The SMILES string of the molecule is Clc1csc(Sc2ncco2)n1. The van der Waals surface area contributed by atoms with Crippen LogP contribution in [0.5, 0.6) is 0 Å². The Morgan fingerprint density at radius 3 is 3.08 bits per heavy atom. The van der Waals surface area contributed by atoms with Gasteiger partial charge in [0.15, 0.2) is 4.34 Å². The van der Waals surface area contributed by atoms with E-state index in [9.17, 15) is 0 Å². The van der Waals surface area contributed by atoms with Crippen molar-refractivity contribution in [3.05, 3.63) is 23.0 Å². The summed E-state index contributed by atoms with van der Waals surface area (Å²) in [4.78, 5) is 7.97. The van der Waals surface area contributed by atoms with Crippen LogP contribution in [-0.2, 0) is 0 Å². The summed E-state index contributed by atoms with van der Waals surface area (Å²) in [5, 5.41) is 2.86. The van der Waals surface area contributed by atoms with Gasteiger partial charge in [-0.25, -0.2) is 9.97 Å². The van der Waals surface area contributed by atoms with E-state index in [-0.39, 0.29) is 0 Å². The van der Waals surface area contributed by atoms with Gasteiger partial charge in [0.25, 0.3) is 5.22 Å². The maximum atomic E-state index is 5.64. The van der Waals surface area contributed by atoms with Crippen molar-refractivity contribution in [1.82, 2.24) is 9.97 Å². The Bertz CT molecular complexity index is 359. The molecule has 0 radical (unpaired) electrons. The lowest BCUT2D eigenvalue weighted by molar-refractivity contribution is 0.454. The standard InChI is InChI=1S/C6H3ClN2OS2/c7-4-3-11-6(9-4)12-5-8-1-2-10-5/h1-3H. The minimum absolute atomic E-state index is 0.508. The van der Waals surface area contributed by atoms with Gasteiger partial charge in [0.05, 0.1) is 6.20 Å². The topological polar surface area (TPSA) is 38.9 Å². The highest BCUT2D eigenvalue weighted by atomic mass is 35.5. The second kappa shape index (κ2) is 3.47. The number of halogens is 1. The molecule has 0 aromatic carbocycles. The van der Waals surface area contributed by atoms with E-state index in [1.165, 1.54) is 29.4 Å². The largest absolute Gasteiger partial charge is 0.440 e. The van der Waals surface area contributed by atoms with Gasteiger partial charge < -0.3 is 4.42 Å². The molecule has 0 amide bonds. The Labute approximate surface area is 81.8 Å². The zero-order valence-electron chi connectivity index (χ0n) is 5.73. The molecule has 6 heteroatoms. The average molecular weight is 219 g/mol. The Morgan fingerprint density at radius 1 is 1.58 bits per heavy atom. The van der Waals surface area contributed by atoms with Crippen molar-refractivity contribution in [2.75, 3.05) is 0 Å². The van der Waals surface area contributed by atoms with Crippen LogP contribution < -0.4 is 0 Å². The fourth-order valence-electron chi connectivity index (χ4n) is 0.621. The molecule has 0 atom stereocenters. The van der Waals surface area contributed by atoms with E-state index in [4.69, 9.17) is 16.0 Å². The minimum atomic E-state index is 0.508. The van der Waals surface area contributed by atoms with Gasteiger partial charge in [-0.1, -0.05) is 11.6 Å². The van der Waals surface area contributed by atoms with Crippen molar-refractivity contribution < 1.29 is 4.42 Å². The van der Waals surface area contributed by atoms with E-state index in [0.29, 0.717) is 10.4 Å². The van der Waals surface area contributed by atoms with Gasteiger partial charge >= 0.3 is 0 Å². The lowest BCUT2D eigenvalue weighted by Crippen LogP contribution is -1.69. The van der Waals surface area contributed by atoms with Crippen molar-refractivity contribution in [3.63, 3.8) is 0 Å². The molecule has 0 aliphatic carbocycles. The Hall–Kier alpha value is -0.520. The highest BCUT2D eigenvalue weighted by Gasteiger charge is 2.04. The predicted molar refractivity (Wildman–Crippen MR) is 47.8 cm³/mol.